The van der Waals surface area contributed by atoms with Crippen LogP contribution in [0.25, 0.3) is 0 Å². The summed E-state index contributed by atoms with van der Waals surface area (Å²) in [7, 11) is 0. The van der Waals surface area contributed by atoms with Crippen molar-refractivity contribution in [3.05, 3.63) is 59.9 Å². The normalized spacial score (nSPS) is 9.94. The van der Waals surface area contributed by atoms with Gasteiger partial charge in [0.1, 0.15) is 5.82 Å². The van der Waals surface area contributed by atoms with E-state index in [1.807, 2.05) is 0 Å². The Bertz CT molecular complexity index is 499. The lowest BCUT2D eigenvalue weighted by Gasteiger charge is -2.03. The summed E-state index contributed by atoms with van der Waals surface area (Å²) in [5.74, 6) is -0.531. The van der Waals surface area contributed by atoms with Crippen molar-refractivity contribution in [2.75, 3.05) is 0 Å². The molecular formula is C12H10FN3O. The van der Waals surface area contributed by atoms with Gasteiger partial charge in [-0.1, -0.05) is 12.1 Å². The van der Waals surface area contributed by atoms with Crippen molar-refractivity contribution < 1.29 is 9.18 Å². The maximum atomic E-state index is 12.6. The lowest BCUT2D eigenvalue weighted by Crippen LogP contribution is -2.24. The van der Waals surface area contributed by atoms with Crippen LogP contribution in [0.2, 0.25) is 0 Å². The zero-order valence-corrected chi connectivity index (χ0v) is 8.93. The highest BCUT2D eigenvalue weighted by Crippen LogP contribution is 2.02. The number of halogens is 1. The van der Waals surface area contributed by atoms with Crippen LogP contribution in [0, 0.1) is 5.82 Å². The topological polar surface area (TPSA) is 54.9 Å². The molecule has 0 radical (unpaired) electrons. The molecule has 0 saturated heterocycles. The molecule has 1 N–H and O–H groups in total. The van der Waals surface area contributed by atoms with Crippen LogP contribution in [0.15, 0.2) is 42.7 Å². The smallest absolute Gasteiger partial charge is 0.289 e. The van der Waals surface area contributed by atoms with Gasteiger partial charge in [0.25, 0.3) is 5.91 Å². The maximum absolute atomic E-state index is 12.6. The molecule has 1 aromatic carbocycles. The molecule has 0 aliphatic heterocycles. The molecule has 0 unspecified atom stereocenters. The fourth-order valence-corrected chi connectivity index (χ4v) is 1.28. The molecule has 17 heavy (non-hydrogen) atoms. The molecule has 0 bridgehead atoms. The number of carbonyl (C=O) groups excluding carboxylic acids is 1. The van der Waals surface area contributed by atoms with Gasteiger partial charge in [-0.05, 0) is 23.8 Å². The first-order valence-corrected chi connectivity index (χ1v) is 5.05. The third-order valence-corrected chi connectivity index (χ3v) is 2.14. The number of hydrogen-bond acceptors (Lipinski definition) is 3. The monoisotopic (exact) mass is 231 g/mol. The van der Waals surface area contributed by atoms with Gasteiger partial charge in [0.15, 0.2) is 0 Å². The quantitative estimate of drug-likeness (QED) is 0.871. The zero-order chi connectivity index (χ0) is 12.1. The molecule has 2 rings (SSSR count). The minimum atomic E-state index is -0.352. The molecule has 1 heterocycles. The Labute approximate surface area is 97.5 Å². The molecule has 2 aromatic rings. The largest absolute Gasteiger partial charge is 0.345 e. The van der Waals surface area contributed by atoms with Gasteiger partial charge in [-0.3, -0.25) is 4.79 Å². The number of nitrogens with one attached hydrogen (secondary N) is 1. The highest BCUT2D eigenvalue weighted by atomic mass is 19.1. The number of aromatic nitrogens is 2. The van der Waals surface area contributed by atoms with E-state index in [4.69, 9.17) is 0 Å². The predicted octanol–water partition coefficient (Wildman–Crippen LogP) is 1.55. The molecule has 0 fully saturated rings. The summed E-state index contributed by atoms with van der Waals surface area (Å²) >= 11 is 0. The SMILES string of the molecule is O=C(NCc1ccc(F)cc1)c1ncccn1. The molecule has 1 aromatic heterocycles. The fraction of sp³-hybridized carbons (Fsp3) is 0.0833. The molecular weight excluding hydrogens is 221 g/mol. The minimum Gasteiger partial charge on any atom is -0.345 e. The van der Waals surface area contributed by atoms with Crippen molar-refractivity contribution in [3.8, 4) is 0 Å². The van der Waals surface area contributed by atoms with E-state index in [0.717, 1.165) is 5.56 Å². The molecule has 4 nitrogen and oxygen atoms in total. The van der Waals surface area contributed by atoms with Gasteiger partial charge in [0.05, 0.1) is 0 Å². The Morgan fingerprint density at radius 3 is 2.47 bits per heavy atom. The number of benzene rings is 1. The maximum Gasteiger partial charge on any atom is 0.289 e. The third-order valence-electron chi connectivity index (χ3n) is 2.14. The molecule has 0 aliphatic rings. The highest BCUT2D eigenvalue weighted by molar-refractivity contribution is 5.90. The van der Waals surface area contributed by atoms with Crippen LogP contribution < -0.4 is 5.32 Å². The van der Waals surface area contributed by atoms with E-state index >= 15 is 0 Å². The second-order valence-corrected chi connectivity index (χ2v) is 3.38. The van der Waals surface area contributed by atoms with E-state index in [2.05, 4.69) is 15.3 Å². The molecule has 5 heteroatoms. The van der Waals surface area contributed by atoms with Crippen LogP contribution in [0.3, 0.4) is 0 Å². The first kappa shape index (κ1) is 11.2. The van der Waals surface area contributed by atoms with Crippen molar-refractivity contribution >= 4 is 5.91 Å². The summed E-state index contributed by atoms with van der Waals surface area (Å²) in [6.45, 7) is 0.317. The Hall–Kier alpha value is -2.30. The Morgan fingerprint density at radius 1 is 1.18 bits per heavy atom. The van der Waals surface area contributed by atoms with Gasteiger partial charge in [0.2, 0.25) is 5.82 Å². The summed E-state index contributed by atoms with van der Waals surface area (Å²) < 4.78 is 12.6. The Morgan fingerprint density at radius 2 is 1.82 bits per heavy atom. The van der Waals surface area contributed by atoms with Gasteiger partial charge < -0.3 is 5.32 Å². The number of amides is 1. The van der Waals surface area contributed by atoms with Gasteiger partial charge in [-0.2, -0.15) is 0 Å². The summed E-state index contributed by atoms with van der Waals surface area (Å²) in [6.07, 6.45) is 3.00. The Kier molecular flexibility index (Phi) is 3.40. The molecule has 86 valence electrons. The van der Waals surface area contributed by atoms with E-state index in [-0.39, 0.29) is 17.5 Å². The number of carbonyl (C=O) groups is 1. The predicted molar refractivity (Wildman–Crippen MR) is 59.6 cm³/mol. The van der Waals surface area contributed by atoms with E-state index in [1.54, 1.807) is 18.2 Å². The van der Waals surface area contributed by atoms with Crippen LogP contribution in [0.4, 0.5) is 4.39 Å². The minimum absolute atomic E-state index is 0.120. The lowest BCUT2D eigenvalue weighted by atomic mass is 10.2. The molecule has 0 atom stereocenters. The molecule has 1 amide bonds. The third kappa shape index (κ3) is 3.07. The fourth-order valence-electron chi connectivity index (χ4n) is 1.28. The van der Waals surface area contributed by atoms with Gasteiger partial charge in [-0.15, -0.1) is 0 Å². The highest BCUT2D eigenvalue weighted by Gasteiger charge is 2.06. The zero-order valence-electron chi connectivity index (χ0n) is 8.93. The standard InChI is InChI=1S/C12H10FN3O/c13-10-4-2-9(3-5-10)8-16-12(17)11-14-6-1-7-15-11/h1-7H,8H2,(H,16,17). The van der Waals surface area contributed by atoms with Crippen LogP contribution in [-0.2, 0) is 6.54 Å². The lowest BCUT2D eigenvalue weighted by molar-refractivity contribution is 0.0940. The molecule has 0 aliphatic carbocycles. The number of rotatable bonds is 3. The van der Waals surface area contributed by atoms with Crippen molar-refractivity contribution in [1.29, 1.82) is 0 Å². The summed E-state index contributed by atoms with van der Waals surface area (Å²) in [5, 5.41) is 2.65. The number of nitrogens with zero attached hydrogens (tertiary/aromatic N) is 2. The van der Waals surface area contributed by atoms with Gasteiger partial charge >= 0.3 is 0 Å². The molecule has 0 spiro atoms. The van der Waals surface area contributed by atoms with Crippen LogP contribution in [-0.4, -0.2) is 15.9 Å². The van der Waals surface area contributed by atoms with E-state index in [9.17, 15) is 9.18 Å². The van der Waals surface area contributed by atoms with Crippen molar-refractivity contribution in [2.24, 2.45) is 0 Å². The van der Waals surface area contributed by atoms with Crippen LogP contribution in [0.5, 0.6) is 0 Å². The van der Waals surface area contributed by atoms with E-state index in [1.165, 1.54) is 24.5 Å². The van der Waals surface area contributed by atoms with E-state index < -0.39 is 0 Å². The second-order valence-electron chi connectivity index (χ2n) is 3.38. The average Bonchev–Trinajstić information content (AvgIpc) is 2.39. The second kappa shape index (κ2) is 5.16. The first-order chi connectivity index (χ1) is 8.25. The average molecular weight is 231 g/mol. The summed E-state index contributed by atoms with van der Waals surface area (Å²) in [6, 6.07) is 7.56. The molecule has 0 saturated carbocycles. The summed E-state index contributed by atoms with van der Waals surface area (Å²) in [5.41, 5.74) is 0.815. The number of hydrogen-bond donors (Lipinski definition) is 1. The van der Waals surface area contributed by atoms with Gasteiger partial charge in [-0.25, -0.2) is 14.4 Å². The van der Waals surface area contributed by atoms with E-state index in [0.29, 0.717) is 6.54 Å². The Balaban J connectivity index is 1.95. The summed E-state index contributed by atoms with van der Waals surface area (Å²) in [4.78, 5) is 19.2. The van der Waals surface area contributed by atoms with Crippen molar-refractivity contribution in [3.63, 3.8) is 0 Å². The van der Waals surface area contributed by atoms with Crippen molar-refractivity contribution in [2.45, 2.75) is 6.54 Å². The van der Waals surface area contributed by atoms with Gasteiger partial charge in [0, 0.05) is 18.9 Å². The van der Waals surface area contributed by atoms with Crippen molar-refractivity contribution in [1.82, 2.24) is 15.3 Å². The van der Waals surface area contributed by atoms with Crippen LogP contribution in [0.1, 0.15) is 16.2 Å². The van der Waals surface area contributed by atoms with Crippen LogP contribution >= 0.6 is 0 Å². The first-order valence-electron chi connectivity index (χ1n) is 5.05.